The van der Waals surface area contributed by atoms with E-state index in [4.69, 9.17) is 0 Å². The SMILES string of the molecule is C=C(F)C(=O)OCC(=O)OC1CCC(C(F)(F)F)(C(F)(F)F)O1. The van der Waals surface area contributed by atoms with E-state index in [1.807, 2.05) is 0 Å². The van der Waals surface area contributed by atoms with E-state index in [-0.39, 0.29) is 0 Å². The first kappa shape index (κ1) is 19.2. The Kier molecular flexibility index (Phi) is 5.29. The summed E-state index contributed by atoms with van der Waals surface area (Å²) in [6, 6.07) is 0. The standard InChI is InChI=1S/C11H9F7O5/c1-5(12)8(20)21-4-6(19)22-7-2-3-9(23-7,10(13,14)15)11(16,17)18/h7H,1-4H2. The minimum absolute atomic E-state index is 0.880. The topological polar surface area (TPSA) is 61.8 Å². The van der Waals surface area contributed by atoms with Gasteiger partial charge in [-0.15, -0.1) is 0 Å². The van der Waals surface area contributed by atoms with Crippen molar-refractivity contribution in [3.63, 3.8) is 0 Å². The lowest BCUT2D eigenvalue weighted by molar-refractivity contribution is -0.385. The number of halogens is 7. The second kappa shape index (κ2) is 6.34. The molecule has 0 aromatic carbocycles. The highest BCUT2D eigenvalue weighted by molar-refractivity contribution is 5.87. The van der Waals surface area contributed by atoms with Crippen LogP contribution in [-0.2, 0) is 23.8 Å². The number of rotatable bonds is 4. The number of ether oxygens (including phenoxy) is 3. The molecule has 1 aliphatic rings. The van der Waals surface area contributed by atoms with Crippen molar-refractivity contribution in [3.8, 4) is 0 Å². The Balaban J connectivity index is 2.67. The first-order chi connectivity index (χ1) is 10.3. The van der Waals surface area contributed by atoms with Crippen LogP contribution in [0, 0.1) is 0 Å². The number of hydrogen-bond donors (Lipinski definition) is 0. The number of esters is 2. The fourth-order valence-electron chi connectivity index (χ4n) is 1.71. The molecule has 1 rings (SSSR count). The van der Waals surface area contributed by atoms with Gasteiger partial charge < -0.3 is 14.2 Å². The Morgan fingerprint density at radius 2 is 1.70 bits per heavy atom. The normalized spacial score (nSPS) is 20.9. The zero-order chi connectivity index (χ0) is 18.1. The fourth-order valence-corrected chi connectivity index (χ4v) is 1.71. The monoisotopic (exact) mass is 354 g/mol. The average molecular weight is 354 g/mol. The summed E-state index contributed by atoms with van der Waals surface area (Å²) in [5.41, 5.74) is -4.45. The predicted molar refractivity (Wildman–Crippen MR) is 56.2 cm³/mol. The Labute approximate surface area is 124 Å². The van der Waals surface area contributed by atoms with Crippen molar-refractivity contribution in [1.29, 1.82) is 0 Å². The van der Waals surface area contributed by atoms with Crippen LogP contribution in [0.1, 0.15) is 12.8 Å². The van der Waals surface area contributed by atoms with Crippen LogP contribution in [0.25, 0.3) is 0 Å². The summed E-state index contributed by atoms with van der Waals surface area (Å²) in [5, 5.41) is 0. The maximum Gasteiger partial charge on any atom is 0.426 e. The quantitative estimate of drug-likeness (QED) is 0.441. The van der Waals surface area contributed by atoms with Gasteiger partial charge in [0.1, 0.15) is 0 Å². The highest BCUT2D eigenvalue weighted by Crippen LogP contribution is 2.52. The Hall–Kier alpha value is -1.85. The highest BCUT2D eigenvalue weighted by atomic mass is 19.4. The van der Waals surface area contributed by atoms with E-state index < -0.39 is 61.5 Å². The van der Waals surface area contributed by atoms with Crippen LogP contribution in [0.3, 0.4) is 0 Å². The van der Waals surface area contributed by atoms with E-state index in [0.29, 0.717) is 0 Å². The Bertz CT molecular complexity index is 482. The maximum atomic E-state index is 12.7. The molecule has 1 saturated heterocycles. The minimum Gasteiger partial charge on any atom is -0.448 e. The smallest absolute Gasteiger partial charge is 0.426 e. The molecule has 12 heteroatoms. The van der Waals surface area contributed by atoms with Gasteiger partial charge in [-0.05, 0) is 0 Å². The summed E-state index contributed by atoms with van der Waals surface area (Å²) >= 11 is 0. The lowest BCUT2D eigenvalue weighted by atomic mass is 9.99. The van der Waals surface area contributed by atoms with E-state index in [1.165, 1.54) is 0 Å². The molecule has 0 spiro atoms. The van der Waals surface area contributed by atoms with E-state index in [1.54, 1.807) is 0 Å². The lowest BCUT2D eigenvalue weighted by Crippen LogP contribution is -2.56. The molecule has 1 heterocycles. The molecule has 0 aromatic rings. The molecule has 0 amide bonds. The van der Waals surface area contributed by atoms with Gasteiger partial charge in [0, 0.05) is 12.8 Å². The zero-order valence-corrected chi connectivity index (χ0v) is 11.1. The molecular formula is C11H9F7O5. The minimum atomic E-state index is -5.77. The molecule has 1 fully saturated rings. The van der Waals surface area contributed by atoms with Gasteiger partial charge in [-0.25, -0.2) is 9.59 Å². The zero-order valence-electron chi connectivity index (χ0n) is 11.1. The molecular weight excluding hydrogens is 345 g/mol. The molecule has 5 nitrogen and oxygen atoms in total. The van der Waals surface area contributed by atoms with Crippen LogP contribution in [-0.4, -0.2) is 42.8 Å². The number of hydrogen-bond acceptors (Lipinski definition) is 5. The van der Waals surface area contributed by atoms with Crippen molar-refractivity contribution in [1.82, 2.24) is 0 Å². The number of carbonyl (C=O) groups is 2. The van der Waals surface area contributed by atoms with Gasteiger partial charge in [0.2, 0.25) is 12.1 Å². The third-order valence-corrected chi connectivity index (χ3v) is 2.79. The second-order valence-electron chi connectivity index (χ2n) is 4.38. The van der Waals surface area contributed by atoms with Crippen molar-refractivity contribution in [3.05, 3.63) is 12.4 Å². The molecule has 0 N–H and O–H groups in total. The van der Waals surface area contributed by atoms with Crippen LogP contribution in [0.15, 0.2) is 12.4 Å². The molecule has 0 aromatic heterocycles. The van der Waals surface area contributed by atoms with Crippen molar-refractivity contribution in [2.24, 2.45) is 0 Å². The molecule has 0 saturated carbocycles. The first-order valence-corrected chi connectivity index (χ1v) is 5.82. The van der Waals surface area contributed by atoms with Gasteiger partial charge in [-0.2, -0.15) is 30.7 Å². The van der Waals surface area contributed by atoms with Crippen molar-refractivity contribution in [2.75, 3.05) is 6.61 Å². The summed E-state index contributed by atoms with van der Waals surface area (Å²) < 4.78 is 100. The third-order valence-electron chi connectivity index (χ3n) is 2.79. The average Bonchev–Trinajstić information content (AvgIpc) is 2.80. The molecule has 132 valence electrons. The summed E-state index contributed by atoms with van der Waals surface area (Å²) in [5.74, 6) is -4.69. The van der Waals surface area contributed by atoms with Gasteiger partial charge in [0.05, 0.1) is 0 Å². The maximum absolute atomic E-state index is 12.7. The van der Waals surface area contributed by atoms with Gasteiger partial charge in [0.25, 0.3) is 5.60 Å². The molecule has 1 atom stereocenters. The first-order valence-electron chi connectivity index (χ1n) is 5.82. The van der Waals surface area contributed by atoms with Crippen molar-refractivity contribution >= 4 is 11.9 Å². The van der Waals surface area contributed by atoms with Crippen LogP contribution in [0.4, 0.5) is 30.7 Å². The second-order valence-corrected chi connectivity index (χ2v) is 4.38. The molecule has 0 aliphatic carbocycles. The van der Waals surface area contributed by atoms with Crippen LogP contribution < -0.4 is 0 Å². The number of alkyl halides is 6. The lowest BCUT2D eigenvalue weighted by Gasteiger charge is -2.32. The summed E-state index contributed by atoms with van der Waals surface area (Å²) in [4.78, 5) is 21.8. The van der Waals surface area contributed by atoms with E-state index in [9.17, 15) is 40.3 Å². The molecule has 0 radical (unpaired) electrons. The van der Waals surface area contributed by atoms with Crippen LogP contribution in [0.5, 0.6) is 0 Å². The summed E-state index contributed by atoms with van der Waals surface area (Å²) in [7, 11) is 0. The Morgan fingerprint density at radius 1 is 1.17 bits per heavy atom. The van der Waals surface area contributed by atoms with E-state index in [2.05, 4.69) is 20.8 Å². The van der Waals surface area contributed by atoms with Crippen LogP contribution in [0.2, 0.25) is 0 Å². The highest BCUT2D eigenvalue weighted by Gasteiger charge is 2.75. The number of carbonyl (C=O) groups excluding carboxylic acids is 2. The molecule has 23 heavy (non-hydrogen) atoms. The van der Waals surface area contributed by atoms with Crippen molar-refractivity contribution in [2.45, 2.75) is 37.1 Å². The van der Waals surface area contributed by atoms with E-state index >= 15 is 0 Å². The predicted octanol–water partition coefficient (Wildman–Crippen LogP) is 2.56. The van der Waals surface area contributed by atoms with Gasteiger partial charge in [-0.3, -0.25) is 0 Å². The van der Waals surface area contributed by atoms with Crippen molar-refractivity contribution < 1.29 is 54.5 Å². The van der Waals surface area contributed by atoms with Gasteiger partial charge in [-0.1, -0.05) is 6.58 Å². The van der Waals surface area contributed by atoms with Crippen LogP contribution >= 0.6 is 0 Å². The molecule has 0 bridgehead atoms. The molecule has 1 unspecified atom stereocenters. The fraction of sp³-hybridized carbons (Fsp3) is 0.636. The van der Waals surface area contributed by atoms with Gasteiger partial charge >= 0.3 is 24.3 Å². The summed E-state index contributed by atoms with van der Waals surface area (Å²) in [6.45, 7) is 1.31. The summed E-state index contributed by atoms with van der Waals surface area (Å²) in [6.07, 6.45) is -16.1. The van der Waals surface area contributed by atoms with E-state index in [0.717, 1.165) is 0 Å². The molecule has 1 aliphatic heterocycles. The Morgan fingerprint density at radius 3 is 2.09 bits per heavy atom. The van der Waals surface area contributed by atoms with Gasteiger partial charge in [0.15, 0.2) is 6.61 Å². The largest absolute Gasteiger partial charge is 0.448 e. The third kappa shape index (κ3) is 4.12.